The Morgan fingerprint density at radius 1 is 1.12 bits per heavy atom. The fraction of sp³-hybridized carbons (Fsp3) is 0.692. The van der Waals surface area contributed by atoms with Crippen molar-refractivity contribution in [1.82, 2.24) is 9.97 Å². The lowest BCUT2D eigenvalue weighted by Crippen LogP contribution is -2.21. The van der Waals surface area contributed by atoms with Crippen LogP contribution in [0.5, 0.6) is 0 Å². The van der Waals surface area contributed by atoms with Gasteiger partial charge in [-0.05, 0) is 37.2 Å². The van der Waals surface area contributed by atoms with Crippen LogP contribution in [-0.4, -0.2) is 9.97 Å². The number of aromatic nitrogens is 2. The fourth-order valence-corrected chi connectivity index (χ4v) is 2.33. The number of hydrogen-bond donors (Lipinski definition) is 1. The Hall–Kier alpha value is -0.960. The molecule has 0 radical (unpaired) electrons. The molecule has 1 aromatic heterocycles. The maximum Gasteiger partial charge on any atom is 0.116 e. The number of rotatable bonds is 2. The van der Waals surface area contributed by atoms with E-state index < -0.39 is 0 Å². The van der Waals surface area contributed by atoms with E-state index in [0.29, 0.717) is 5.92 Å². The quantitative estimate of drug-likeness (QED) is 0.777. The third kappa shape index (κ3) is 2.24. The molecule has 16 heavy (non-hydrogen) atoms. The Bertz CT molecular complexity index is 360. The van der Waals surface area contributed by atoms with Crippen molar-refractivity contribution >= 4 is 0 Å². The van der Waals surface area contributed by atoms with Gasteiger partial charge in [-0.25, -0.2) is 9.97 Å². The molecule has 0 spiro atoms. The molecule has 0 aromatic carbocycles. The summed E-state index contributed by atoms with van der Waals surface area (Å²) in [6, 6.07) is 0.0508. The Kier molecular flexibility index (Phi) is 3.54. The van der Waals surface area contributed by atoms with E-state index in [1.165, 1.54) is 30.5 Å². The lowest BCUT2D eigenvalue weighted by atomic mass is 9.95. The largest absolute Gasteiger partial charge is 0.322 e. The lowest BCUT2D eigenvalue weighted by Gasteiger charge is -2.19. The molecule has 0 bridgehead atoms. The number of nitrogens with zero attached hydrogens (tertiary/aromatic N) is 2. The molecule has 1 heterocycles. The minimum atomic E-state index is 0.0508. The summed E-state index contributed by atoms with van der Waals surface area (Å²) in [5.41, 5.74) is 9.88. The summed E-state index contributed by atoms with van der Waals surface area (Å²) in [7, 11) is 0. The van der Waals surface area contributed by atoms with Crippen molar-refractivity contribution < 1.29 is 0 Å². The predicted octanol–water partition coefficient (Wildman–Crippen LogP) is 2.40. The lowest BCUT2D eigenvalue weighted by molar-refractivity contribution is 0.496. The molecule has 0 amide bonds. The number of fused-ring (bicyclic) bond motifs is 1. The predicted molar refractivity (Wildman–Crippen MR) is 65.1 cm³/mol. The smallest absolute Gasteiger partial charge is 0.116 e. The number of nitrogens with two attached hydrogens (primary N) is 1. The summed E-state index contributed by atoms with van der Waals surface area (Å²) in [5, 5.41) is 0. The standard InChI is InChI=1S/C13H21N3/c1-9(2)12(14)13-10-6-4-3-5-7-11(10)15-8-16-13/h8-9,12H,3-7,14H2,1-2H3. The van der Waals surface area contributed by atoms with Crippen molar-refractivity contribution in [2.24, 2.45) is 11.7 Å². The highest BCUT2D eigenvalue weighted by molar-refractivity contribution is 5.28. The van der Waals surface area contributed by atoms with Crippen molar-refractivity contribution in [2.75, 3.05) is 0 Å². The second kappa shape index (κ2) is 4.91. The van der Waals surface area contributed by atoms with Crippen LogP contribution in [0.15, 0.2) is 6.33 Å². The van der Waals surface area contributed by atoms with Crippen LogP contribution in [0.2, 0.25) is 0 Å². The van der Waals surface area contributed by atoms with Gasteiger partial charge in [0.25, 0.3) is 0 Å². The summed E-state index contributed by atoms with van der Waals surface area (Å²) < 4.78 is 0. The Labute approximate surface area is 97.5 Å². The summed E-state index contributed by atoms with van der Waals surface area (Å²) in [4.78, 5) is 8.83. The summed E-state index contributed by atoms with van der Waals surface area (Å²) in [6.45, 7) is 4.30. The van der Waals surface area contributed by atoms with E-state index in [2.05, 4.69) is 23.8 Å². The maximum atomic E-state index is 6.22. The molecule has 0 saturated carbocycles. The average Bonchev–Trinajstić information content (AvgIpc) is 2.52. The average molecular weight is 219 g/mol. The molecule has 0 aliphatic heterocycles. The van der Waals surface area contributed by atoms with Crippen LogP contribution in [0.1, 0.15) is 56.1 Å². The monoisotopic (exact) mass is 219 g/mol. The first-order valence-electron chi connectivity index (χ1n) is 6.28. The summed E-state index contributed by atoms with van der Waals surface area (Å²) in [6.07, 6.45) is 7.68. The van der Waals surface area contributed by atoms with Gasteiger partial charge in [-0.3, -0.25) is 0 Å². The maximum absolute atomic E-state index is 6.22. The fourth-order valence-electron chi connectivity index (χ4n) is 2.33. The number of hydrogen-bond acceptors (Lipinski definition) is 3. The highest BCUT2D eigenvalue weighted by Crippen LogP contribution is 2.26. The van der Waals surface area contributed by atoms with Crippen LogP contribution in [0, 0.1) is 5.92 Å². The van der Waals surface area contributed by atoms with E-state index in [0.717, 1.165) is 18.5 Å². The second-order valence-electron chi connectivity index (χ2n) is 5.01. The van der Waals surface area contributed by atoms with Crippen molar-refractivity contribution in [3.05, 3.63) is 23.3 Å². The molecular formula is C13H21N3. The van der Waals surface area contributed by atoms with E-state index in [-0.39, 0.29) is 6.04 Å². The highest BCUT2D eigenvalue weighted by Gasteiger charge is 2.20. The molecule has 1 aliphatic carbocycles. The van der Waals surface area contributed by atoms with Crippen molar-refractivity contribution in [3.63, 3.8) is 0 Å². The molecule has 2 rings (SSSR count). The minimum absolute atomic E-state index is 0.0508. The van der Waals surface area contributed by atoms with Crippen LogP contribution in [0.25, 0.3) is 0 Å². The van der Waals surface area contributed by atoms with Crippen LogP contribution >= 0.6 is 0 Å². The van der Waals surface area contributed by atoms with Gasteiger partial charge in [-0.1, -0.05) is 20.3 Å². The second-order valence-corrected chi connectivity index (χ2v) is 5.01. The molecule has 88 valence electrons. The van der Waals surface area contributed by atoms with Crippen LogP contribution in [0.4, 0.5) is 0 Å². The van der Waals surface area contributed by atoms with E-state index in [1.807, 2.05) is 0 Å². The van der Waals surface area contributed by atoms with Gasteiger partial charge in [0.1, 0.15) is 6.33 Å². The summed E-state index contributed by atoms with van der Waals surface area (Å²) >= 11 is 0. The zero-order chi connectivity index (χ0) is 11.5. The van der Waals surface area contributed by atoms with Crippen LogP contribution in [0.3, 0.4) is 0 Å². The zero-order valence-electron chi connectivity index (χ0n) is 10.2. The van der Waals surface area contributed by atoms with Gasteiger partial charge < -0.3 is 5.73 Å². The van der Waals surface area contributed by atoms with Crippen molar-refractivity contribution in [3.8, 4) is 0 Å². The Balaban J connectivity index is 2.38. The SMILES string of the molecule is CC(C)C(N)c1ncnc2c1CCCCC2. The normalized spacial score (nSPS) is 18.0. The summed E-state index contributed by atoms with van der Waals surface area (Å²) in [5.74, 6) is 0.433. The molecule has 3 heteroatoms. The van der Waals surface area contributed by atoms with Gasteiger partial charge in [0, 0.05) is 11.7 Å². The highest BCUT2D eigenvalue weighted by atomic mass is 14.9. The van der Waals surface area contributed by atoms with Crippen molar-refractivity contribution in [1.29, 1.82) is 0 Å². The van der Waals surface area contributed by atoms with E-state index in [9.17, 15) is 0 Å². The van der Waals surface area contributed by atoms with Crippen LogP contribution < -0.4 is 5.73 Å². The van der Waals surface area contributed by atoms with E-state index >= 15 is 0 Å². The van der Waals surface area contributed by atoms with Gasteiger partial charge >= 0.3 is 0 Å². The molecule has 1 atom stereocenters. The molecule has 1 unspecified atom stereocenters. The van der Waals surface area contributed by atoms with Crippen LogP contribution in [-0.2, 0) is 12.8 Å². The third-order valence-electron chi connectivity index (χ3n) is 3.44. The van der Waals surface area contributed by atoms with Gasteiger partial charge in [0.15, 0.2) is 0 Å². The first kappa shape index (κ1) is 11.5. The van der Waals surface area contributed by atoms with Gasteiger partial charge in [0.05, 0.1) is 5.69 Å². The Morgan fingerprint density at radius 3 is 2.62 bits per heavy atom. The molecule has 0 saturated heterocycles. The molecule has 3 nitrogen and oxygen atoms in total. The minimum Gasteiger partial charge on any atom is -0.322 e. The molecule has 0 fully saturated rings. The third-order valence-corrected chi connectivity index (χ3v) is 3.44. The Morgan fingerprint density at radius 2 is 1.88 bits per heavy atom. The van der Waals surface area contributed by atoms with Crippen molar-refractivity contribution in [2.45, 2.75) is 52.0 Å². The molecule has 2 N–H and O–H groups in total. The molecule has 1 aromatic rings. The number of aryl methyl sites for hydroxylation is 1. The van der Waals surface area contributed by atoms with Gasteiger partial charge in [-0.15, -0.1) is 0 Å². The first-order valence-corrected chi connectivity index (χ1v) is 6.28. The van der Waals surface area contributed by atoms with Gasteiger partial charge in [-0.2, -0.15) is 0 Å². The van der Waals surface area contributed by atoms with Gasteiger partial charge in [0.2, 0.25) is 0 Å². The first-order chi connectivity index (χ1) is 7.70. The topological polar surface area (TPSA) is 51.8 Å². The zero-order valence-corrected chi connectivity index (χ0v) is 10.2. The molecular weight excluding hydrogens is 198 g/mol. The van der Waals surface area contributed by atoms with E-state index in [4.69, 9.17) is 5.73 Å². The van der Waals surface area contributed by atoms with E-state index in [1.54, 1.807) is 6.33 Å². The molecule has 1 aliphatic rings.